The summed E-state index contributed by atoms with van der Waals surface area (Å²) in [5, 5.41) is 0. The lowest BCUT2D eigenvalue weighted by atomic mass is 9.83. The summed E-state index contributed by atoms with van der Waals surface area (Å²) in [6.07, 6.45) is 4.13. The predicted molar refractivity (Wildman–Crippen MR) is 66.7 cm³/mol. The van der Waals surface area contributed by atoms with Gasteiger partial charge in [-0.1, -0.05) is 0 Å². The zero-order valence-corrected chi connectivity index (χ0v) is 11.1. The van der Waals surface area contributed by atoms with Crippen LogP contribution in [0.4, 0.5) is 4.79 Å². The normalized spacial score (nSPS) is 33.4. The first-order valence-corrected chi connectivity index (χ1v) is 6.62. The van der Waals surface area contributed by atoms with E-state index in [2.05, 4.69) is 0 Å². The standard InChI is InChI=1S/C13H24N2O2/c1-13(2,3)17-12(16)15-7-6-9-4-5-10(14)8-11(9)15/h9-11H,4-8,14H2,1-3H3. The van der Waals surface area contributed by atoms with Crippen LogP contribution in [0.1, 0.15) is 46.5 Å². The number of likely N-dealkylation sites (tertiary alicyclic amines) is 1. The second kappa shape index (κ2) is 4.48. The highest BCUT2D eigenvalue weighted by Gasteiger charge is 2.41. The molecule has 4 heteroatoms. The van der Waals surface area contributed by atoms with Crippen molar-refractivity contribution in [2.45, 2.75) is 64.1 Å². The smallest absolute Gasteiger partial charge is 0.410 e. The fourth-order valence-corrected chi connectivity index (χ4v) is 2.98. The maximum atomic E-state index is 12.1. The van der Waals surface area contributed by atoms with E-state index >= 15 is 0 Å². The Morgan fingerprint density at radius 3 is 2.65 bits per heavy atom. The number of amides is 1. The minimum atomic E-state index is -0.411. The summed E-state index contributed by atoms with van der Waals surface area (Å²) in [5.74, 6) is 0.641. The first-order valence-electron chi connectivity index (χ1n) is 6.62. The van der Waals surface area contributed by atoms with Gasteiger partial charge in [-0.15, -0.1) is 0 Å². The van der Waals surface area contributed by atoms with Crippen molar-refractivity contribution in [3.8, 4) is 0 Å². The topological polar surface area (TPSA) is 55.6 Å². The van der Waals surface area contributed by atoms with Crippen molar-refractivity contribution in [3.63, 3.8) is 0 Å². The monoisotopic (exact) mass is 240 g/mol. The van der Waals surface area contributed by atoms with Crippen LogP contribution in [0, 0.1) is 5.92 Å². The van der Waals surface area contributed by atoms with Crippen molar-refractivity contribution in [1.82, 2.24) is 4.90 Å². The van der Waals surface area contributed by atoms with Gasteiger partial charge in [0.1, 0.15) is 5.60 Å². The molecule has 2 rings (SSSR count). The number of hydrogen-bond donors (Lipinski definition) is 1. The van der Waals surface area contributed by atoms with Crippen LogP contribution in [0.15, 0.2) is 0 Å². The number of carbonyl (C=O) groups is 1. The van der Waals surface area contributed by atoms with E-state index in [-0.39, 0.29) is 12.1 Å². The van der Waals surface area contributed by atoms with Crippen molar-refractivity contribution < 1.29 is 9.53 Å². The SMILES string of the molecule is CC(C)(C)OC(=O)N1CCC2CCC(N)CC21. The van der Waals surface area contributed by atoms with Crippen molar-refractivity contribution in [2.24, 2.45) is 11.7 Å². The Balaban J connectivity index is 1.99. The molecular formula is C13H24N2O2. The van der Waals surface area contributed by atoms with Crippen molar-refractivity contribution in [2.75, 3.05) is 6.54 Å². The molecule has 98 valence electrons. The van der Waals surface area contributed by atoms with E-state index in [1.54, 1.807) is 0 Å². The predicted octanol–water partition coefficient (Wildman–Crippen LogP) is 2.12. The van der Waals surface area contributed by atoms with Gasteiger partial charge in [0.2, 0.25) is 0 Å². The van der Waals surface area contributed by atoms with Gasteiger partial charge in [0.25, 0.3) is 0 Å². The molecule has 0 aromatic rings. The minimum Gasteiger partial charge on any atom is -0.444 e. The first-order chi connectivity index (χ1) is 7.87. The molecule has 3 unspecified atom stereocenters. The van der Waals surface area contributed by atoms with Crippen molar-refractivity contribution in [1.29, 1.82) is 0 Å². The van der Waals surface area contributed by atoms with Crippen LogP contribution in [0.2, 0.25) is 0 Å². The Labute approximate surface area is 103 Å². The second-order valence-electron chi connectivity index (χ2n) is 6.36. The molecule has 2 fully saturated rings. The number of nitrogens with two attached hydrogens (primary N) is 1. The number of fused-ring (bicyclic) bond motifs is 1. The first kappa shape index (κ1) is 12.7. The highest BCUT2D eigenvalue weighted by Crippen LogP contribution is 2.36. The highest BCUT2D eigenvalue weighted by atomic mass is 16.6. The average molecular weight is 240 g/mol. The molecule has 4 nitrogen and oxygen atoms in total. The van der Waals surface area contributed by atoms with Crippen LogP contribution in [0.25, 0.3) is 0 Å². The number of ether oxygens (including phenoxy) is 1. The number of nitrogens with zero attached hydrogens (tertiary/aromatic N) is 1. The summed E-state index contributed by atoms with van der Waals surface area (Å²) in [4.78, 5) is 14.0. The lowest BCUT2D eigenvalue weighted by Crippen LogP contribution is -2.46. The summed E-state index contributed by atoms with van der Waals surface area (Å²) in [5.41, 5.74) is 5.59. The summed E-state index contributed by atoms with van der Waals surface area (Å²) in [6, 6.07) is 0.563. The van der Waals surface area contributed by atoms with Gasteiger partial charge in [-0.25, -0.2) is 4.79 Å². The zero-order chi connectivity index (χ0) is 12.6. The summed E-state index contributed by atoms with van der Waals surface area (Å²) < 4.78 is 5.45. The summed E-state index contributed by atoms with van der Waals surface area (Å²) in [7, 11) is 0. The fraction of sp³-hybridized carbons (Fsp3) is 0.923. The van der Waals surface area contributed by atoms with E-state index in [0.717, 1.165) is 32.2 Å². The van der Waals surface area contributed by atoms with E-state index in [1.807, 2.05) is 25.7 Å². The van der Waals surface area contributed by atoms with Gasteiger partial charge in [0, 0.05) is 18.6 Å². The van der Waals surface area contributed by atoms with Gasteiger partial charge >= 0.3 is 6.09 Å². The molecule has 0 radical (unpaired) electrons. The number of rotatable bonds is 0. The molecular weight excluding hydrogens is 216 g/mol. The maximum absolute atomic E-state index is 12.1. The van der Waals surface area contributed by atoms with Crippen LogP contribution in [-0.4, -0.2) is 35.2 Å². The van der Waals surface area contributed by atoms with Gasteiger partial charge in [-0.05, 0) is 52.4 Å². The molecule has 1 aliphatic heterocycles. The van der Waals surface area contributed by atoms with Crippen LogP contribution < -0.4 is 5.73 Å². The second-order valence-corrected chi connectivity index (χ2v) is 6.36. The molecule has 2 N–H and O–H groups in total. The Hall–Kier alpha value is -0.770. The van der Waals surface area contributed by atoms with Gasteiger partial charge in [0.15, 0.2) is 0 Å². The molecule has 1 saturated heterocycles. The van der Waals surface area contributed by atoms with Crippen LogP contribution >= 0.6 is 0 Å². The molecule has 1 aliphatic carbocycles. The van der Waals surface area contributed by atoms with Crippen LogP contribution in [0.3, 0.4) is 0 Å². The molecule has 0 bridgehead atoms. The zero-order valence-electron chi connectivity index (χ0n) is 11.1. The lowest BCUT2D eigenvalue weighted by Gasteiger charge is -2.35. The minimum absolute atomic E-state index is 0.167. The number of hydrogen-bond acceptors (Lipinski definition) is 3. The largest absolute Gasteiger partial charge is 0.444 e. The van der Waals surface area contributed by atoms with E-state index in [4.69, 9.17) is 10.5 Å². The van der Waals surface area contributed by atoms with E-state index in [1.165, 1.54) is 0 Å². The van der Waals surface area contributed by atoms with Crippen molar-refractivity contribution >= 4 is 6.09 Å². The summed E-state index contributed by atoms with van der Waals surface area (Å²) in [6.45, 7) is 6.55. The van der Waals surface area contributed by atoms with E-state index in [0.29, 0.717) is 12.0 Å². The molecule has 3 atom stereocenters. The molecule has 0 spiro atoms. The van der Waals surface area contributed by atoms with Crippen molar-refractivity contribution in [3.05, 3.63) is 0 Å². The third-order valence-electron chi connectivity index (χ3n) is 3.77. The van der Waals surface area contributed by atoms with Gasteiger partial charge in [-0.2, -0.15) is 0 Å². The Morgan fingerprint density at radius 2 is 2.00 bits per heavy atom. The quantitative estimate of drug-likeness (QED) is 0.705. The van der Waals surface area contributed by atoms with Crippen LogP contribution in [-0.2, 0) is 4.74 Å². The van der Waals surface area contributed by atoms with E-state index in [9.17, 15) is 4.79 Å². The highest BCUT2D eigenvalue weighted by molar-refractivity contribution is 5.69. The Kier molecular flexibility index (Phi) is 3.34. The molecule has 0 aromatic carbocycles. The summed E-state index contributed by atoms with van der Waals surface area (Å²) >= 11 is 0. The molecule has 0 aromatic heterocycles. The van der Waals surface area contributed by atoms with E-state index < -0.39 is 5.60 Å². The fourth-order valence-electron chi connectivity index (χ4n) is 2.98. The number of carbonyl (C=O) groups excluding carboxylic acids is 1. The lowest BCUT2D eigenvalue weighted by molar-refractivity contribution is 0.0175. The molecule has 1 heterocycles. The van der Waals surface area contributed by atoms with Crippen LogP contribution in [0.5, 0.6) is 0 Å². The van der Waals surface area contributed by atoms with Gasteiger partial charge in [0.05, 0.1) is 0 Å². The molecule has 1 saturated carbocycles. The Morgan fingerprint density at radius 1 is 1.29 bits per heavy atom. The average Bonchev–Trinajstić information content (AvgIpc) is 2.57. The molecule has 17 heavy (non-hydrogen) atoms. The third kappa shape index (κ3) is 2.92. The van der Waals surface area contributed by atoms with Gasteiger partial charge in [-0.3, -0.25) is 0 Å². The third-order valence-corrected chi connectivity index (χ3v) is 3.77. The molecule has 1 amide bonds. The molecule has 2 aliphatic rings. The maximum Gasteiger partial charge on any atom is 0.410 e. The Bertz CT molecular complexity index is 298. The van der Waals surface area contributed by atoms with Gasteiger partial charge < -0.3 is 15.4 Å².